The maximum absolute atomic E-state index is 12.5. The monoisotopic (exact) mass is 353 g/mol. The molecule has 10 nitrogen and oxygen atoms in total. The van der Waals surface area contributed by atoms with E-state index in [-0.39, 0.29) is 12.5 Å². The normalized spacial score (nSPS) is 17.4. The van der Waals surface area contributed by atoms with E-state index in [1.165, 1.54) is 6.92 Å². The summed E-state index contributed by atoms with van der Waals surface area (Å²) < 4.78 is 0. The number of hydrogen-bond donors (Lipinski definition) is 4. The van der Waals surface area contributed by atoms with E-state index in [2.05, 4.69) is 10.6 Å². The smallest absolute Gasteiger partial charge is 0.254 e. The fourth-order valence-corrected chi connectivity index (χ4v) is 2.21. The fourth-order valence-electron chi connectivity index (χ4n) is 2.21. The second-order valence-electron chi connectivity index (χ2n) is 5.99. The number of primary amides is 1. The number of nitrogens with two attached hydrogens (primary N) is 2. The van der Waals surface area contributed by atoms with Crippen LogP contribution in [0.15, 0.2) is 12.2 Å². The van der Waals surface area contributed by atoms with Crippen LogP contribution in [0.4, 0.5) is 0 Å². The number of amides is 5. The molecule has 25 heavy (non-hydrogen) atoms. The largest absolute Gasteiger partial charge is 0.368 e. The zero-order valence-electron chi connectivity index (χ0n) is 14.3. The molecule has 0 aromatic carbocycles. The van der Waals surface area contributed by atoms with E-state index in [0.29, 0.717) is 0 Å². The molecule has 0 saturated carbocycles. The summed E-state index contributed by atoms with van der Waals surface area (Å²) in [5, 5.41) is 4.86. The third-order valence-electron chi connectivity index (χ3n) is 3.71. The van der Waals surface area contributed by atoms with Gasteiger partial charge in [-0.1, -0.05) is 13.8 Å². The van der Waals surface area contributed by atoms with Crippen LogP contribution in [-0.2, 0) is 24.0 Å². The number of nitrogens with zero attached hydrogens (tertiary/aromatic N) is 1. The lowest BCUT2D eigenvalue weighted by Crippen LogP contribution is -2.59. The van der Waals surface area contributed by atoms with Crippen molar-refractivity contribution in [2.24, 2.45) is 17.4 Å². The molecule has 0 unspecified atom stereocenters. The van der Waals surface area contributed by atoms with E-state index in [4.69, 9.17) is 11.5 Å². The third-order valence-corrected chi connectivity index (χ3v) is 3.71. The number of rotatable bonds is 8. The molecule has 0 aromatic heterocycles. The van der Waals surface area contributed by atoms with Crippen molar-refractivity contribution in [1.82, 2.24) is 15.5 Å². The Morgan fingerprint density at radius 3 is 1.96 bits per heavy atom. The van der Waals surface area contributed by atoms with Crippen LogP contribution in [0, 0.1) is 5.92 Å². The van der Waals surface area contributed by atoms with Crippen molar-refractivity contribution in [2.45, 2.75) is 38.9 Å². The quantitative estimate of drug-likeness (QED) is 0.348. The molecule has 0 aliphatic carbocycles. The van der Waals surface area contributed by atoms with Gasteiger partial charge in [0.05, 0.1) is 0 Å². The van der Waals surface area contributed by atoms with Crippen molar-refractivity contribution in [3.63, 3.8) is 0 Å². The molecule has 3 atom stereocenters. The highest BCUT2D eigenvalue weighted by molar-refractivity contribution is 6.15. The lowest BCUT2D eigenvalue weighted by Gasteiger charge is -2.28. The molecular formula is C15H23N5O5. The molecular weight excluding hydrogens is 330 g/mol. The third kappa shape index (κ3) is 4.86. The van der Waals surface area contributed by atoms with Gasteiger partial charge in [0.2, 0.25) is 17.7 Å². The lowest BCUT2D eigenvalue weighted by molar-refractivity contribution is -0.145. The molecule has 1 heterocycles. The summed E-state index contributed by atoms with van der Waals surface area (Å²) in [7, 11) is 0. The zero-order valence-corrected chi connectivity index (χ0v) is 14.3. The standard InChI is InChI=1S/C15H23N5O5/c1-7(2)12(15(25)18-8(3)13(17)23)19-14(24)9(6-16)20-10(21)4-5-11(20)22/h4-5,7-9,12H,6,16H2,1-3H3,(H2,17,23)(H,18,25)(H,19,24)/t8-,9-,12-/m0/s1. The van der Waals surface area contributed by atoms with E-state index in [9.17, 15) is 24.0 Å². The van der Waals surface area contributed by atoms with Crippen molar-refractivity contribution in [1.29, 1.82) is 0 Å². The van der Waals surface area contributed by atoms with Gasteiger partial charge in [-0.2, -0.15) is 0 Å². The van der Waals surface area contributed by atoms with Crippen molar-refractivity contribution >= 4 is 29.5 Å². The van der Waals surface area contributed by atoms with E-state index in [1.807, 2.05) is 0 Å². The summed E-state index contributed by atoms with van der Waals surface area (Å²) >= 11 is 0. The summed E-state index contributed by atoms with van der Waals surface area (Å²) in [6.07, 6.45) is 2.08. The van der Waals surface area contributed by atoms with Crippen molar-refractivity contribution in [3.05, 3.63) is 12.2 Å². The average molecular weight is 353 g/mol. The van der Waals surface area contributed by atoms with Crippen LogP contribution < -0.4 is 22.1 Å². The average Bonchev–Trinajstić information content (AvgIpc) is 2.85. The van der Waals surface area contributed by atoms with Gasteiger partial charge >= 0.3 is 0 Å². The Kier molecular flexibility index (Phi) is 6.80. The summed E-state index contributed by atoms with van der Waals surface area (Å²) in [4.78, 5) is 60.0. The van der Waals surface area contributed by atoms with Crippen LogP contribution in [0.2, 0.25) is 0 Å². The van der Waals surface area contributed by atoms with Crippen LogP contribution in [0.5, 0.6) is 0 Å². The van der Waals surface area contributed by atoms with E-state index < -0.39 is 47.7 Å². The van der Waals surface area contributed by atoms with Gasteiger partial charge in [-0.25, -0.2) is 0 Å². The SMILES string of the molecule is CC(C)[C@H](NC(=O)[C@H](CN)N1C(=O)C=CC1=O)C(=O)N[C@@H](C)C(N)=O. The van der Waals surface area contributed by atoms with Crippen LogP contribution in [0.1, 0.15) is 20.8 Å². The minimum Gasteiger partial charge on any atom is -0.368 e. The maximum Gasteiger partial charge on any atom is 0.254 e. The molecule has 0 fully saturated rings. The Bertz CT molecular complexity index is 597. The molecule has 1 aliphatic rings. The van der Waals surface area contributed by atoms with Gasteiger partial charge in [0.1, 0.15) is 18.1 Å². The molecule has 0 spiro atoms. The Labute approximate surface area is 144 Å². The first-order chi connectivity index (χ1) is 11.6. The molecule has 138 valence electrons. The highest BCUT2D eigenvalue weighted by Crippen LogP contribution is 2.10. The first-order valence-corrected chi connectivity index (χ1v) is 7.75. The molecule has 0 radical (unpaired) electrons. The molecule has 6 N–H and O–H groups in total. The van der Waals surface area contributed by atoms with Crippen LogP contribution in [0.3, 0.4) is 0 Å². The second-order valence-corrected chi connectivity index (χ2v) is 5.99. The Balaban J connectivity index is 2.87. The molecule has 1 rings (SSSR count). The van der Waals surface area contributed by atoms with Gasteiger partial charge in [0.25, 0.3) is 11.8 Å². The van der Waals surface area contributed by atoms with Crippen LogP contribution >= 0.6 is 0 Å². The summed E-state index contributed by atoms with van der Waals surface area (Å²) in [5.41, 5.74) is 10.6. The van der Waals surface area contributed by atoms with Gasteiger partial charge in [-0.3, -0.25) is 28.9 Å². The number of carbonyl (C=O) groups excluding carboxylic acids is 5. The van der Waals surface area contributed by atoms with E-state index in [0.717, 1.165) is 17.1 Å². The number of imide groups is 1. The highest BCUT2D eigenvalue weighted by atomic mass is 16.2. The molecule has 0 saturated heterocycles. The van der Waals surface area contributed by atoms with E-state index in [1.54, 1.807) is 13.8 Å². The predicted molar refractivity (Wildman–Crippen MR) is 87.4 cm³/mol. The summed E-state index contributed by atoms with van der Waals surface area (Å²) in [5.74, 6) is -3.70. The Morgan fingerprint density at radius 2 is 1.56 bits per heavy atom. The topological polar surface area (TPSA) is 165 Å². The minimum atomic E-state index is -1.24. The van der Waals surface area contributed by atoms with Gasteiger partial charge in [0.15, 0.2) is 0 Å². The first-order valence-electron chi connectivity index (χ1n) is 7.75. The van der Waals surface area contributed by atoms with Crippen LogP contribution in [0.25, 0.3) is 0 Å². The van der Waals surface area contributed by atoms with Gasteiger partial charge < -0.3 is 22.1 Å². The molecule has 1 aliphatic heterocycles. The van der Waals surface area contributed by atoms with Gasteiger partial charge in [0, 0.05) is 18.7 Å². The fraction of sp³-hybridized carbons (Fsp3) is 0.533. The van der Waals surface area contributed by atoms with Crippen molar-refractivity contribution in [3.8, 4) is 0 Å². The number of carbonyl (C=O) groups is 5. The summed E-state index contributed by atoms with van der Waals surface area (Å²) in [6.45, 7) is 4.49. The highest BCUT2D eigenvalue weighted by Gasteiger charge is 2.37. The summed E-state index contributed by atoms with van der Waals surface area (Å²) in [6, 6.07) is -3.15. The molecule has 5 amide bonds. The predicted octanol–water partition coefficient (Wildman–Crippen LogP) is -2.63. The van der Waals surface area contributed by atoms with Gasteiger partial charge in [-0.05, 0) is 12.8 Å². The molecule has 0 aromatic rings. The maximum atomic E-state index is 12.5. The molecule has 0 bridgehead atoms. The number of nitrogens with one attached hydrogen (secondary N) is 2. The van der Waals surface area contributed by atoms with Crippen LogP contribution in [-0.4, -0.2) is 59.1 Å². The Morgan fingerprint density at radius 1 is 1.04 bits per heavy atom. The molecule has 10 heteroatoms. The van der Waals surface area contributed by atoms with E-state index >= 15 is 0 Å². The Hall–Kier alpha value is -2.75. The first kappa shape index (κ1) is 20.3. The zero-order chi connectivity index (χ0) is 19.3. The minimum absolute atomic E-state index is 0.297. The second kappa shape index (κ2) is 8.38. The van der Waals surface area contributed by atoms with Crippen molar-refractivity contribution in [2.75, 3.05) is 6.54 Å². The lowest BCUT2D eigenvalue weighted by atomic mass is 10.0. The number of hydrogen-bond acceptors (Lipinski definition) is 6. The van der Waals surface area contributed by atoms with Gasteiger partial charge in [-0.15, -0.1) is 0 Å². The van der Waals surface area contributed by atoms with Crippen molar-refractivity contribution < 1.29 is 24.0 Å².